The van der Waals surface area contributed by atoms with Gasteiger partial charge in [-0.2, -0.15) is 0 Å². The summed E-state index contributed by atoms with van der Waals surface area (Å²) in [5.74, 6) is 0.242. The Kier molecular flexibility index (Phi) is 3.52. The molecule has 0 aromatic rings. The molecule has 0 bridgehead atoms. The van der Waals surface area contributed by atoms with Crippen LogP contribution in [0.25, 0.3) is 0 Å². The third-order valence-corrected chi connectivity index (χ3v) is 3.73. The third-order valence-electron chi connectivity index (χ3n) is 3.50. The molecule has 1 heterocycles. The Morgan fingerprint density at radius 1 is 1.47 bits per heavy atom. The molecule has 0 spiro atoms. The Balaban J connectivity index is 1.91. The van der Waals surface area contributed by atoms with Crippen LogP contribution in [-0.4, -0.2) is 53.8 Å². The summed E-state index contributed by atoms with van der Waals surface area (Å²) in [6.07, 6.45) is 4.81. The van der Waals surface area contributed by atoms with Gasteiger partial charge in [0.2, 0.25) is 5.91 Å². The number of likely N-dealkylation sites (tertiary alicyclic amines) is 1. The lowest BCUT2D eigenvalue weighted by molar-refractivity contribution is -0.129. The molecule has 4 heteroatoms. The highest BCUT2D eigenvalue weighted by Crippen LogP contribution is 2.29. The topological polar surface area (TPSA) is 23.6 Å². The van der Waals surface area contributed by atoms with Gasteiger partial charge < -0.3 is 9.80 Å². The number of nitrogens with zero attached hydrogens (tertiary/aromatic N) is 2. The van der Waals surface area contributed by atoms with E-state index in [1.807, 2.05) is 4.90 Å². The van der Waals surface area contributed by atoms with E-state index in [1.54, 1.807) is 0 Å². The Hall–Kier alpha value is -0.280. The quantitative estimate of drug-likeness (QED) is 0.680. The van der Waals surface area contributed by atoms with Gasteiger partial charge in [-0.15, -0.1) is 11.6 Å². The Morgan fingerprint density at radius 2 is 2.20 bits per heavy atom. The second-order valence-corrected chi connectivity index (χ2v) is 4.95. The number of carbonyl (C=O) groups excluding carboxylic acids is 1. The average Bonchev–Trinajstić information content (AvgIpc) is 2.99. The number of likely N-dealkylation sites (N-methyl/N-ethyl adjacent to an activating group) is 1. The Bertz CT molecular complexity index is 243. The van der Waals surface area contributed by atoms with Crippen molar-refractivity contribution in [2.75, 3.05) is 26.0 Å². The number of amides is 1. The van der Waals surface area contributed by atoms with Crippen LogP contribution >= 0.6 is 11.6 Å². The molecule has 0 N–H and O–H groups in total. The minimum atomic E-state index is 0.111. The zero-order chi connectivity index (χ0) is 10.8. The first-order chi connectivity index (χ1) is 7.22. The zero-order valence-electron chi connectivity index (χ0n) is 9.29. The monoisotopic (exact) mass is 230 g/mol. The van der Waals surface area contributed by atoms with Crippen molar-refractivity contribution in [3.8, 4) is 0 Å². The molecule has 1 atom stereocenters. The lowest BCUT2D eigenvalue weighted by Gasteiger charge is -2.28. The van der Waals surface area contributed by atoms with Crippen LogP contribution in [-0.2, 0) is 4.79 Å². The maximum Gasteiger partial charge on any atom is 0.237 e. The van der Waals surface area contributed by atoms with Gasteiger partial charge in [0.25, 0.3) is 0 Å². The van der Waals surface area contributed by atoms with Crippen molar-refractivity contribution in [3.05, 3.63) is 0 Å². The molecule has 0 radical (unpaired) electrons. The number of carbonyl (C=O) groups is 1. The maximum atomic E-state index is 11.7. The largest absolute Gasteiger partial charge is 0.337 e. The van der Waals surface area contributed by atoms with Crippen molar-refractivity contribution in [3.63, 3.8) is 0 Å². The van der Waals surface area contributed by atoms with Gasteiger partial charge in [0.05, 0.1) is 0 Å². The van der Waals surface area contributed by atoms with E-state index in [2.05, 4.69) is 11.9 Å². The van der Waals surface area contributed by atoms with Crippen LogP contribution in [0.1, 0.15) is 25.7 Å². The molecule has 1 saturated heterocycles. The van der Waals surface area contributed by atoms with E-state index in [-0.39, 0.29) is 11.8 Å². The number of halogens is 1. The van der Waals surface area contributed by atoms with E-state index in [4.69, 9.17) is 11.6 Å². The number of hydrogen-bond acceptors (Lipinski definition) is 2. The predicted octanol–water partition coefficient (Wildman–Crippen LogP) is 1.31. The van der Waals surface area contributed by atoms with Crippen LogP contribution in [0, 0.1) is 0 Å². The number of rotatable bonds is 4. The van der Waals surface area contributed by atoms with Gasteiger partial charge in [0.15, 0.2) is 0 Å². The molecular formula is C11H19ClN2O. The van der Waals surface area contributed by atoms with Crippen LogP contribution in [0.3, 0.4) is 0 Å². The van der Waals surface area contributed by atoms with Gasteiger partial charge in [0, 0.05) is 18.6 Å². The third kappa shape index (κ3) is 2.64. The van der Waals surface area contributed by atoms with E-state index >= 15 is 0 Å². The lowest BCUT2D eigenvalue weighted by atomic mass is 10.2. The Morgan fingerprint density at radius 3 is 2.67 bits per heavy atom. The molecule has 0 aromatic carbocycles. The predicted molar refractivity (Wildman–Crippen MR) is 61.1 cm³/mol. The van der Waals surface area contributed by atoms with Crippen LogP contribution in [0.15, 0.2) is 0 Å². The molecule has 1 amide bonds. The molecule has 15 heavy (non-hydrogen) atoms. The van der Waals surface area contributed by atoms with E-state index in [1.165, 1.54) is 25.7 Å². The van der Waals surface area contributed by atoms with Crippen molar-refractivity contribution in [1.29, 1.82) is 0 Å². The molecular weight excluding hydrogens is 212 g/mol. The van der Waals surface area contributed by atoms with Crippen molar-refractivity contribution in [1.82, 2.24) is 9.80 Å². The highest BCUT2D eigenvalue weighted by atomic mass is 35.5. The molecule has 86 valence electrons. The first-order valence-electron chi connectivity index (χ1n) is 5.78. The van der Waals surface area contributed by atoms with Crippen LogP contribution < -0.4 is 0 Å². The number of alkyl halides is 1. The maximum absolute atomic E-state index is 11.7. The van der Waals surface area contributed by atoms with Crippen LogP contribution in [0.4, 0.5) is 0 Å². The summed E-state index contributed by atoms with van der Waals surface area (Å²) in [7, 11) is 2.15. The summed E-state index contributed by atoms with van der Waals surface area (Å²) in [5, 5.41) is 0. The van der Waals surface area contributed by atoms with Crippen molar-refractivity contribution >= 4 is 17.5 Å². The van der Waals surface area contributed by atoms with Gasteiger partial charge in [-0.3, -0.25) is 4.79 Å². The van der Waals surface area contributed by atoms with Crippen molar-refractivity contribution < 1.29 is 4.79 Å². The van der Waals surface area contributed by atoms with Crippen LogP contribution in [0.2, 0.25) is 0 Å². The standard InChI is InChI=1S/C11H19ClN2O/c1-13-6-2-3-10(13)8-14(9-4-5-9)11(15)7-12/h9-10H,2-8H2,1H3/t10-/m0/s1. The fourth-order valence-electron chi connectivity index (χ4n) is 2.35. The fourth-order valence-corrected chi connectivity index (χ4v) is 2.51. The lowest BCUT2D eigenvalue weighted by Crippen LogP contribution is -2.43. The summed E-state index contributed by atoms with van der Waals surface area (Å²) in [6.45, 7) is 2.05. The second kappa shape index (κ2) is 4.71. The molecule has 0 unspecified atom stereocenters. The summed E-state index contributed by atoms with van der Waals surface area (Å²) in [6, 6.07) is 1.04. The zero-order valence-corrected chi connectivity index (χ0v) is 10.0. The smallest absolute Gasteiger partial charge is 0.237 e. The molecule has 0 aromatic heterocycles. The summed E-state index contributed by atoms with van der Waals surface area (Å²) in [4.78, 5) is 16.0. The first kappa shape index (κ1) is 11.2. The molecule has 1 aliphatic carbocycles. The van der Waals surface area contributed by atoms with Crippen molar-refractivity contribution in [2.24, 2.45) is 0 Å². The highest BCUT2D eigenvalue weighted by molar-refractivity contribution is 6.27. The van der Waals surface area contributed by atoms with Crippen molar-refractivity contribution in [2.45, 2.75) is 37.8 Å². The van der Waals surface area contributed by atoms with E-state index < -0.39 is 0 Å². The summed E-state index contributed by atoms with van der Waals surface area (Å²) < 4.78 is 0. The minimum absolute atomic E-state index is 0.111. The molecule has 1 aliphatic heterocycles. The normalized spacial score (nSPS) is 26.9. The summed E-state index contributed by atoms with van der Waals surface area (Å²) >= 11 is 5.64. The van der Waals surface area contributed by atoms with E-state index in [0.29, 0.717) is 12.1 Å². The Labute approximate surface area is 96.4 Å². The summed E-state index contributed by atoms with van der Waals surface area (Å²) in [5.41, 5.74) is 0. The molecule has 3 nitrogen and oxygen atoms in total. The van der Waals surface area contributed by atoms with Gasteiger partial charge >= 0.3 is 0 Å². The first-order valence-corrected chi connectivity index (χ1v) is 6.31. The molecule has 2 fully saturated rings. The van der Waals surface area contributed by atoms with E-state index in [9.17, 15) is 4.79 Å². The van der Waals surface area contributed by atoms with Gasteiger partial charge in [0.1, 0.15) is 5.88 Å². The molecule has 2 rings (SSSR count). The highest BCUT2D eigenvalue weighted by Gasteiger charge is 2.35. The van der Waals surface area contributed by atoms with Gasteiger partial charge in [-0.05, 0) is 39.3 Å². The van der Waals surface area contributed by atoms with E-state index in [0.717, 1.165) is 13.1 Å². The number of hydrogen-bond donors (Lipinski definition) is 0. The van der Waals surface area contributed by atoms with Gasteiger partial charge in [-0.25, -0.2) is 0 Å². The average molecular weight is 231 g/mol. The molecule has 1 saturated carbocycles. The SMILES string of the molecule is CN1CCC[C@H]1CN(C(=O)CCl)C1CC1. The second-order valence-electron chi connectivity index (χ2n) is 4.69. The van der Waals surface area contributed by atoms with Crippen LogP contribution in [0.5, 0.6) is 0 Å². The fraction of sp³-hybridized carbons (Fsp3) is 0.909. The molecule has 2 aliphatic rings. The minimum Gasteiger partial charge on any atom is -0.337 e. The van der Waals surface area contributed by atoms with Gasteiger partial charge in [-0.1, -0.05) is 0 Å².